The van der Waals surface area contributed by atoms with Crippen molar-refractivity contribution in [3.05, 3.63) is 63.4 Å². The molecule has 0 heterocycles. The van der Waals surface area contributed by atoms with Crippen LogP contribution in [0.3, 0.4) is 0 Å². The molecule has 2 aromatic carbocycles. The van der Waals surface area contributed by atoms with Gasteiger partial charge in [0.1, 0.15) is 17.7 Å². The van der Waals surface area contributed by atoms with Crippen LogP contribution < -0.4 is 4.74 Å². The third kappa shape index (κ3) is 3.00. The van der Waals surface area contributed by atoms with Gasteiger partial charge in [-0.2, -0.15) is 0 Å². The standard InChI is InChI=1S/C14H11Cl2FO2/c1-19-13-6-8(2-5-11(13)16)14(18)10-4-3-9(15)7-12(10)17/h2-7,14,18H,1H3. The van der Waals surface area contributed by atoms with Gasteiger partial charge in [-0.3, -0.25) is 0 Å². The first-order valence-corrected chi connectivity index (χ1v) is 6.25. The molecule has 0 aliphatic carbocycles. The molecule has 2 rings (SSSR count). The van der Waals surface area contributed by atoms with Gasteiger partial charge in [-0.25, -0.2) is 4.39 Å². The fourth-order valence-corrected chi connectivity index (χ4v) is 2.10. The Balaban J connectivity index is 2.40. The maximum Gasteiger partial charge on any atom is 0.137 e. The van der Waals surface area contributed by atoms with E-state index in [-0.39, 0.29) is 10.6 Å². The molecule has 2 aromatic rings. The molecular formula is C14H11Cl2FO2. The van der Waals surface area contributed by atoms with E-state index in [4.69, 9.17) is 27.9 Å². The number of benzene rings is 2. The number of ether oxygens (including phenoxy) is 1. The minimum Gasteiger partial charge on any atom is -0.495 e. The zero-order valence-electron chi connectivity index (χ0n) is 10.0. The number of hydrogen-bond donors (Lipinski definition) is 1. The van der Waals surface area contributed by atoms with Crippen molar-refractivity contribution >= 4 is 23.2 Å². The van der Waals surface area contributed by atoms with E-state index in [1.807, 2.05) is 0 Å². The average molecular weight is 301 g/mol. The molecule has 1 unspecified atom stereocenters. The van der Waals surface area contributed by atoms with Crippen molar-refractivity contribution in [3.8, 4) is 5.75 Å². The molecule has 5 heteroatoms. The third-order valence-electron chi connectivity index (χ3n) is 2.75. The van der Waals surface area contributed by atoms with Gasteiger partial charge in [0, 0.05) is 10.6 Å². The van der Waals surface area contributed by atoms with Crippen LogP contribution in [0.5, 0.6) is 5.75 Å². The Kier molecular flexibility index (Phi) is 4.30. The van der Waals surface area contributed by atoms with E-state index in [0.717, 1.165) is 6.07 Å². The van der Waals surface area contributed by atoms with Gasteiger partial charge in [-0.15, -0.1) is 0 Å². The number of rotatable bonds is 3. The highest BCUT2D eigenvalue weighted by atomic mass is 35.5. The lowest BCUT2D eigenvalue weighted by Gasteiger charge is -2.14. The lowest BCUT2D eigenvalue weighted by Crippen LogP contribution is -2.03. The Bertz CT molecular complexity index is 602. The van der Waals surface area contributed by atoms with Gasteiger partial charge in [0.25, 0.3) is 0 Å². The Morgan fingerprint density at radius 2 is 1.89 bits per heavy atom. The molecule has 100 valence electrons. The average Bonchev–Trinajstić information content (AvgIpc) is 2.38. The molecule has 1 N–H and O–H groups in total. The second-order valence-electron chi connectivity index (χ2n) is 3.96. The first-order valence-electron chi connectivity index (χ1n) is 5.49. The summed E-state index contributed by atoms with van der Waals surface area (Å²) in [6.07, 6.45) is -1.11. The van der Waals surface area contributed by atoms with E-state index in [1.165, 1.54) is 19.2 Å². The van der Waals surface area contributed by atoms with Crippen LogP contribution in [-0.4, -0.2) is 12.2 Å². The molecule has 0 fully saturated rings. The molecule has 0 aliphatic rings. The van der Waals surface area contributed by atoms with E-state index in [1.54, 1.807) is 18.2 Å². The van der Waals surface area contributed by atoms with Crippen LogP contribution in [0.25, 0.3) is 0 Å². The van der Waals surface area contributed by atoms with E-state index >= 15 is 0 Å². The van der Waals surface area contributed by atoms with E-state index in [2.05, 4.69) is 0 Å². The zero-order chi connectivity index (χ0) is 14.0. The van der Waals surface area contributed by atoms with Crippen molar-refractivity contribution in [1.82, 2.24) is 0 Å². The first-order chi connectivity index (χ1) is 9.02. The summed E-state index contributed by atoms with van der Waals surface area (Å²) in [6, 6.07) is 8.91. The van der Waals surface area contributed by atoms with Gasteiger partial charge in [-0.05, 0) is 29.8 Å². The molecule has 2 nitrogen and oxygen atoms in total. The van der Waals surface area contributed by atoms with Gasteiger partial charge in [0.2, 0.25) is 0 Å². The second-order valence-corrected chi connectivity index (χ2v) is 4.81. The van der Waals surface area contributed by atoms with Gasteiger partial charge < -0.3 is 9.84 Å². The summed E-state index contributed by atoms with van der Waals surface area (Å²) in [5.74, 6) is -0.137. The minimum absolute atomic E-state index is 0.147. The molecule has 0 aromatic heterocycles. The predicted molar refractivity (Wildman–Crippen MR) is 73.5 cm³/mol. The smallest absolute Gasteiger partial charge is 0.137 e. The Morgan fingerprint density at radius 1 is 1.16 bits per heavy atom. The van der Waals surface area contributed by atoms with Crippen LogP contribution in [0.4, 0.5) is 4.39 Å². The molecule has 19 heavy (non-hydrogen) atoms. The number of halogens is 3. The predicted octanol–water partition coefficient (Wildman–Crippen LogP) is 4.22. The van der Waals surface area contributed by atoms with Crippen LogP contribution in [0, 0.1) is 5.82 Å². The summed E-state index contributed by atoms with van der Waals surface area (Å²) in [5, 5.41) is 10.9. The van der Waals surface area contributed by atoms with Crippen molar-refractivity contribution in [2.75, 3.05) is 7.11 Å². The number of methoxy groups -OCH3 is 1. The molecule has 0 saturated heterocycles. The van der Waals surface area contributed by atoms with Gasteiger partial charge >= 0.3 is 0 Å². The minimum atomic E-state index is -1.11. The molecule has 0 saturated carbocycles. The molecule has 1 atom stereocenters. The molecular weight excluding hydrogens is 290 g/mol. The Hall–Kier alpha value is -1.29. The van der Waals surface area contributed by atoms with Crippen LogP contribution in [0.15, 0.2) is 36.4 Å². The summed E-state index contributed by atoms with van der Waals surface area (Å²) >= 11 is 11.6. The molecule has 0 amide bonds. The van der Waals surface area contributed by atoms with Crippen LogP contribution in [0.2, 0.25) is 10.0 Å². The third-order valence-corrected chi connectivity index (χ3v) is 3.30. The van der Waals surface area contributed by atoms with Gasteiger partial charge in [-0.1, -0.05) is 35.3 Å². The number of hydrogen-bond acceptors (Lipinski definition) is 2. The quantitative estimate of drug-likeness (QED) is 0.919. The highest BCUT2D eigenvalue weighted by Gasteiger charge is 2.16. The molecule has 0 aliphatic heterocycles. The summed E-state index contributed by atoms with van der Waals surface area (Å²) < 4.78 is 18.8. The molecule has 0 radical (unpaired) electrons. The monoisotopic (exact) mass is 300 g/mol. The molecule has 0 spiro atoms. The van der Waals surface area contributed by atoms with Gasteiger partial charge in [0.15, 0.2) is 0 Å². The molecule has 0 bridgehead atoms. The van der Waals surface area contributed by atoms with Crippen molar-refractivity contribution in [1.29, 1.82) is 0 Å². The topological polar surface area (TPSA) is 29.5 Å². The van der Waals surface area contributed by atoms with Gasteiger partial charge in [0.05, 0.1) is 12.1 Å². The highest BCUT2D eigenvalue weighted by molar-refractivity contribution is 6.32. The van der Waals surface area contributed by atoms with Crippen molar-refractivity contribution in [2.24, 2.45) is 0 Å². The lowest BCUT2D eigenvalue weighted by atomic mass is 10.0. The highest BCUT2D eigenvalue weighted by Crippen LogP contribution is 2.31. The van der Waals surface area contributed by atoms with Crippen LogP contribution in [0.1, 0.15) is 17.2 Å². The largest absolute Gasteiger partial charge is 0.495 e. The maximum atomic E-state index is 13.7. The first kappa shape index (κ1) is 14.1. The fourth-order valence-electron chi connectivity index (χ4n) is 1.75. The fraction of sp³-hybridized carbons (Fsp3) is 0.143. The Labute approximate surface area is 120 Å². The summed E-state index contributed by atoms with van der Waals surface area (Å²) in [6.45, 7) is 0. The summed E-state index contributed by atoms with van der Waals surface area (Å²) in [7, 11) is 1.47. The summed E-state index contributed by atoms with van der Waals surface area (Å²) in [4.78, 5) is 0. The number of aliphatic hydroxyl groups excluding tert-OH is 1. The van der Waals surface area contributed by atoms with Crippen LogP contribution >= 0.6 is 23.2 Å². The lowest BCUT2D eigenvalue weighted by molar-refractivity contribution is 0.214. The van der Waals surface area contributed by atoms with E-state index < -0.39 is 11.9 Å². The van der Waals surface area contributed by atoms with E-state index in [0.29, 0.717) is 16.3 Å². The van der Waals surface area contributed by atoms with Crippen molar-refractivity contribution in [2.45, 2.75) is 6.10 Å². The maximum absolute atomic E-state index is 13.7. The van der Waals surface area contributed by atoms with Crippen molar-refractivity contribution in [3.63, 3.8) is 0 Å². The normalized spacial score (nSPS) is 12.3. The second kappa shape index (κ2) is 5.78. The Morgan fingerprint density at radius 3 is 2.53 bits per heavy atom. The van der Waals surface area contributed by atoms with Crippen LogP contribution in [-0.2, 0) is 0 Å². The zero-order valence-corrected chi connectivity index (χ0v) is 11.5. The SMILES string of the molecule is COc1cc(C(O)c2ccc(Cl)cc2F)ccc1Cl. The van der Waals surface area contributed by atoms with Crippen molar-refractivity contribution < 1.29 is 14.2 Å². The summed E-state index contributed by atoms with van der Waals surface area (Å²) in [5.41, 5.74) is 0.635. The number of aliphatic hydroxyl groups is 1. The van der Waals surface area contributed by atoms with E-state index in [9.17, 15) is 9.50 Å².